The van der Waals surface area contributed by atoms with Gasteiger partial charge in [0.2, 0.25) is 0 Å². The number of hydrogen-bond acceptors (Lipinski definition) is 3. The van der Waals surface area contributed by atoms with Crippen molar-refractivity contribution in [2.75, 3.05) is 11.4 Å². The topological polar surface area (TPSA) is 19.6 Å². The predicted octanol–water partition coefficient (Wildman–Crippen LogP) is 15.6. The molecule has 0 spiro atoms. The van der Waals surface area contributed by atoms with E-state index in [1.54, 1.807) is 5.57 Å². The van der Waals surface area contributed by atoms with E-state index in [2.05, 4.69) is 229 Å². The number of rotatable bonds is 14. The summed E-state index contributed by atoms with van der Waals surface area (Å²) in [5.74, 6) is 9.81. The van der Waals surface area contributed by atoms with Crippen molar-refractivity contribution in [3.63, 3.8) is 0 Å². The van der Waals surface area contributed by atoms with E-state index in [0.717, 1.165) is 69.8 Å². The van der Waals surface area contributed by atoms with Crippen molar-refractivity contribution in [3.05, 3.63) is 238 Å². The van der Waals surface area contributed by atoms with Crippen LogP contribution in [0.3, 0.4) is 0 Å². The van der Waals surface area contributed by atoms with Crippen molar-refractivity contribution in [2.45, 2.75) is 84.6 Å². The quantitative estimate of drug-likeness (QED) is 0.0931. The van der Waals surface area contributed by atoms with Crippen LogP contribution in [0.4, 0.5) is 5.69 Å². The standard InChI is InChI=1S/C62H62N2O/c1-10-46(41(5)24-26-45(9)64-57-35-23-40(4)38-56(57)60-59-52(12-3)42(6)25-34-54(59)61(60)64)28-27-44(8)63(37-17-21-47(11-2)48-19-14-13-15-20-48)51-32-29-49(30-33-51)50-31-36-58-55(39-50)53-22-16-18-43(7)62(53)65-58/h10-11,13-15,17,19-21,23-29,31-36,38-39,43,49,54,59-61H,5,8-9,12,18,30,37H2,1-4,6-7H3. The maximum atomic E-state index is 6.28. The smallest absolute Gasteiger partial charge is 0.135 e. The van der Waals surface area contributed by atoms with Gasteiger partial charge in [-0.2, -0.15) is 0 Å². The second kappa shape index (κ2) is 18.4. The largest absolute Gasteiger partial charge is 0.459 e. The number of nitrogens with zero attached hydrogens (tertiary/aromatic N) is 2. The van der Waals surface area contributed by atoms with Gasteiger partial charge >= 0.3 is 0 Å². The summed E-state index contributed by atoms with van der Waals surface area (Å²) in [6.45, 7) is 27.7. The highest BCUT2D eigenvalue weighted by Crippen LogP contribution is 2.63. The van der Waals surface area contributed by atoms with Gasteiger partial charge in [0, 0.05) is 70.8 Å². The van der Waals surface area contributed by atoms with Gasteiger partial charge in [-0.1, -0.05) is 171 Å². The first-order valence-electron chi connectivity index (χ1n) is 23.6. The molecule has 4 aromatic rings. The number of anilines is 1. The lowest BCUT2D eigenvalue weighted by Crippen LogP contribution is -2.55. The Balaban J connectivity index is 0.923. The van der Waals surface area contributed by atoms with Gasteiger partial charge in [0.15, 0.2) is 0 Å². The third-order valence-electron chi connectivity index (χ3n) is 14.4. The second-order valence-electron chi connectivity index (χ2n) is 18.3. The Hall–Kier alpha value is -6.76. The summed E-state index contributed by atoms with van der Waals surface area (Å²) in [4.78, 5) is 4.81. The van der Waals surface area contributed by atoms with Crippen LogP contribution in [0.15, 0.2) is 209 Å². The molecule has 1 aliphatic heterocycles. The molecule has 3 heteroatoms. The molecule has 0 bridgehead atoms. The summed E-state index contributed by atoms with van der Waals surface area (Å²) in [7, 11) is 0. The Morgan fingerprint density at radius 3 is 2.48 bits per heavy atom. The Labute approximate surface area is 388 Å². The first-order chi connectivity index (χ1) is 31.6. The zero-order chi connectivity index (χ0) is 45.4. The summed E-state index contributed by atoms with van der Waals surface area (Å²) in [5.41, 5.74) is 17.8. The molecule has 3 nitrogen and oxygen atoms in total. The lowest BCUT2D eigenvalue weighted by Gasteiger charge is -2.53. The van der Waals surface area contributed by atoms with Crippen molar-refractivity contribution >= 4 is 22.2 Å². The molecule has 0 amide bonds. The van der Waals surface area contributed by atoms with Crippen LogP contribution in [-0.2, 0) is 0 Å². The fourth-order valence-electron chi connectivity index (χ4n) is 10.9. The molecule has 0 N–H and O–H groups in total. The van der Waals surface area contributed by atoms with E-state index in [1.807, 2.05) is 0 Å². The van der Waals surface area contributed by atoms with Crippen LogP contribution in [0.1, 0.15) is 105 Å². The van der Waals surface area contributed by atoms with Crippen molar-refractivity contribution in [1.29, 1.82) is 0 Å². The maximum absolute atomic E-state index is 6.28. The Morgan fingerprint density at radius 2 is 1.72 bits per heavy atom. The van der Waals surface area contributed by atoms with E-state index in [9.17, 15) is 0 Å². The van der Waals surface area contributed by atoms with Crippen molar-refractivity contribution in [2.24, 2.45) is 11.8 Å². The molecule has 326 valence electrons. The molecule has 1 saturated carbocycles. The molecular formula is C62H62N2O. The van der Waals surface area contributed by atoms with Crippen LogP contribution in [0.25, 0.3) is 16.5 Å². The summed E-state index contributed by atoms with van der Waals surface area (Å²) in [5, 5.41) is 1.13. The number of fused-ring (bicyclic) bond motifs is 9. The van der Waals surface area contributed by atoms with Crippen LogP contribution < -0.4 is 4.90 Å². The van der Waals surface area contributed by atoms with Gasteiger partial charge in [-0.25, -0.2) is 0 Å². The minimum Gasteiger partial charge on any atom is -0.459 e. The third kappa shape index (κ3) is 8.17. The highest BCUT2D eigenvalue weighted by atomic mass is 16.3. The molecule has 65 heavy (non-hydrogen) atoms. The highest BCUT2D eigenvalue weighted by molar-refractivity contribution is 5.87. The van der Waals surface area contributed by atoms with Gasteiger partial charge in [0.25, 0.3) is 0 Å². The molecule has 0 radical (unpaired) electrons. The van der Waals surface area contributed by atoms with Gasteiger partial charge in [-0.15, -0.1) is 0 Å². The van der Waals surface area contributed by atoms with Crippen molar-refractivity contribution in [3.8, 4) is 11.8 Å². The first-order valence-corrected chi connectivity index (χ1v) is 23.6. The molecule has 4 aliphatic carbocycles. The molecule has 6 atom stereocenters. The predicted molar refractivity (Wildman–Crippen MR) is 275 cm³/mol. The van der Waals surface area contributed by atoms with E-state index < -0.39 is 0 Å². The molecule has 3 aromatic carbocycles. The monoisotopic (exact) mass is 850 g/mol. The average Bonchev–Trinajstić information content (AvgIpc) is 3.84. The van der Waals surface area contributed by atoms with Crippen LogP contribution in [0.5, 0.6) is 0 Å². The molecule has 1 aromatic heterocycles. The number of aryl methyl sites for hydroxylation is 1. The van der Waals surface area contributed by atoms with Gasteiger partial charge in [0.05, 0.1) is 5.56 Å². The molecule has 2 heterocycles. The number of hydrogen-bond donors (Lipinski definition) is 0. The first kappa shape index (κ1) is 43.5. The second-order valence-corrected chi connectivity index (χ2v) is 18.3. The third-order valence-corrected chi connectivity index (χ3v) is 14.4. The van der Waals surface area contributed by atoms with Crippen molar-refractivity contribution in [1.82, 2.24) is 4.90 Å². The van der Waals surface area contributed by atoms with E-state index in [-0.39, 0.29) is 5.92 Å². The van der Waals surface area contributed by atoms with Crippen molar-refractivity contribution < 1.29 is 4.42 Å². The SMILES string of the molecule is C=C(C=CC(=C)N1c2ccc(C)cc2C2C3C(CC)=C(C)C=CC3C21)C(C=CC(=C)N(CC=CC(=CC)c1ccccc1)C1=CCC(c2ccc3oc4c(c3c2)C#CCC4C)C=C1)=CC. The van der Waals surface area contributed by atoms with Crippen LogP contribution >= 0.6 is 0 Å². The van der Waals surface area contributed by atoms with E-state index in [4.69, 9.17) is 4.42 Å². The summed E-state index contributed by atoms with van der Waals surface area (Å²) in [6.07, 6.45) is 31.9. The molecule has 0 saturated heterocycles. The molecule has 9 rings (SSSR count). The van der Waals surface area contributed by atoms with Gasteiger partial charge < -0.3 is 14.2 Å². The lowest BCUT2D eigenvalue weighted by atomic mass is 9.54. The Morgan fingerprint density at radius 1 is 0.892 bits per heavy atom. The Kier molecular flexibility index (Phi) is 12.3. The zero-order valence-corrected chi connectivity index (χ0v) is 39.1. The number of allylic oxidation sites excluding steroid dienone is 16. The van der Waals surface area contributed by atoms with E-state index in [1.165, 1.54) is 39.1 Å². The maximum Gasteiger partial charge on any atom is 0.135 e. The molecule has 6 unspecified atom stereocenters. The fourth-order valence-corrected chi connectivity index (χ4v) is 10.9. The minimum absolute atomic E-state index is 0.250. The number of benzene rings is 3. The zero-order valence-electron chi connectivity index (χ0n) is 39.1. The minimum atomic E-state index is 0.250. The highest BCUT2D eigenvalue weighted by Gasteiger charge is 2.59. The van der Waals surface area contributed by atoms with E-state index in [0.29, 0.717) is 36.3 Å². The number of furan rings is 1. The van der Waals surface area contributed by atoms with Crippen LogP contribution in [0.2, 0.25) is 0 Å². The van der Waals surface area contributed by atoms with E-state index >= 15 is 0 Å². The molecular weight excluding hydrogens is 789 g/mol. The summed E-state index contributed by atoms with van der Waals surface area (Å²) >= 11 is 0. The van der Waals surface area contributed by atoms with Crippen LogP contribution in [-0.4, -0.2) is 17.5 Å². The van der Waals surface area contributed by atoms with Crippen LogP contribution in [0, 0.1) is 30.6 Å². The Bertz CT molecular complexity index is 2930. The molecule has 1 fully saturated rings. The average molecular weight is 851 g/mol. The fraction of sp³-hybridized carbons (Fsp3) is 0.258. The summed E-state index contributed by atoms with van der Waals surface area (Å²) in [6, 6.07) is 24.5. The summed E-state index contributed by atoms with van der Waals surface area (Å²) < 4.78 is 6.28. The van der Waals surface area contributed by atoms with Gasteiger partial charge in [-0.3, -0.25) is 0 Å². The molecule has 5 aliphatic rings. The normalized spacial score (nSPS) is 23.3. The van der Waals surface area contributed by atoms with Gasteiger partial charge in [-0.05, 0) is 116 Å². The van der Waals surface area contributed by atoms with Gasteiger partial charge in [0.1, 0.15) is 11.3 Å². The lowest BCUT2D eigenvalue weighted by molar-refractivity contribution is 0.172.